The Morgan fingerprint density at radius 2 is 2.06 bits per heavy atom. The first-order chi connectivity index (χ1) is 7.31. The standard InChI is InChI=1S/C8H14O8/c9-2-4(11)5(12)6-3(10)1-8(15,16-6)7(13)14/h3-6,9-12,15H,1-2H2,(H,13,14)/t3-,4-,5-,6-,8?/m1/s1. The van der Waals surface area contributed by atoms with Crippen molar-refractivity contribution in [2.75, 3.05) is 6.61 Å². The third-order valence-electron chi connectivity index (χ3n) is 2.45. The van der Waals surface area contributed by atoms with Gasteiger partial charge in [0.05, 0.1) is 12.7 Å². The van der Waals surface area contributed by atoms with Crippen molar-refractivity contribution in [2.45, 2.75) is 36.6 Å². The molecule has 1 unspecified atom stereocenters. The molecule has 0 saturated carbocycles. The summed E-state index contributed by atoms with van der Waals surface area (Å²) in [6.07, 6.45) is -6.81. The largest absolute Gasteiger partial charge is 0.477 e. The summed E-state index contributed by atoms with van der Waals surface area (Å²) >= 11 is 0. The molecule has 1 aliphatic heterocycles. The maximum atomic E-state index is 10.6. The van der Waals surface area contributed by atoms with Gasteiger partial charge in [-0.2, -0.15) is 0 Å². The zero-order valence-corrected chi connectivity index (χ0v) is 8.22. The van der Waals surface area contributed by atoms with E-state index in [2.05, 4.69) is 4.74 Å². The lowest BCUT2D eigenvalue weighted by Crippen LogP contribution is -2.46. The summed E-state index contributed by atoms with van der Waals surface area (Å²) in [5, 5.41) is 54.4. The Kier molecular flexibility index (Phi) is 3.84. The third-order valence-corrected chi connectivity index (χ3v) is 2.45. The number of rotatable bonds is 4. The Bertz CT molecular complexity index is 269. The van der Waals surface area contributed by atoms with Crippen LogP contribution in [0.3, 0.4) is 0 Å². The van der Waals surface area contributed by atoms with Gasteiger partial charge in [0, 0.05) is 6.42 Å². The van der Waals surface area contributed by atoms with Crippen molar-refractivity contribution in [1.29, 1.82) is 0 Å². The predicted octanol–water partition coefficient (Wildman–Crippen LogP) is -3.38. The van der Waals surface area contributed by atoms with Gasteiger partial charge >= 0.3 is 5.97 Å². The molecule has 0 amide bonds. The summed E-state index contributed by atoms with van der Waals surface area (Å²) in [6, 6.07) is 0. The zero-order chi connectivity index (χ0) is 12.5. The lowest BCUT2D eigenvalue weighted by Gasteiger charge is -2.24. The van der Waals surface area contributed by atoms with Crippen molar-refractivity contribution in [3.05, 3.63) is 0 Å². The Morgan fingerprint density at radius 3 is 2.44 bits per heavy atom. The summed E-state index contributed by atoms with van der Waals surface area (Å²) < 4.78 is 4.59. The highest BCUT2D eigenvalue weighted by Crippen LogP contribution is 2.31. The van der Waals surface area contributed by atoms with Gasteiger partial charge in [0.2, 0.25) is 0 Å². The van der Waals surface area contributed by atoms with Crippen LogP contribution in [0.5, 0.6) is 0 Å². The lowest BCUT2D eigenvalue weighted by molar-refractivity contribution is -0.230. The average Bonchev–Trinajstić information content (AvgIpc) is 2.53. The van der Waals surface area contributed by atoms with Crippen LogP contribution in [0.2, 0.25) is 0 Å². The fourth-order valence-electron chi connectivity index (χ4n) is 1.51. The number of aliphatic hydroxyl groups is 5. The first-order valence-electron chi connectivity index (χ1n) is 4.60. The van der Waals surface area contributed by atoms with Gasteiger partial charge < -0.3 is 35.4 Å². The van der Waals surface area contributed by atoms with Crippen LogP contribution in [-0.2, 0) is 9.53 Å². The molecule has 1 aliphatic rings. The van der Waals surface area contributed by atoms with E-state index in [-0.39, 0.29) is 0 Å². The Labute approximate surface area is 90.3 Å². The molecule has 1 fully saturated rings. The molecule has 6 N–H and O–H groups in total. The van der Waals surface area contributed by atoms with Crippen LogP contribution in [0.15, 0.2) is 0 Å². The monoisotopic (exact) mass is 238 g/mol. The molecule has 5 atom stereocenters. The van der Waals surface area contributed by atoms with E-state index in [0.717, 1.165) is 0 Å². The molecule has 0 aromatic rings. The molecule has 0 spiro atoms. The second-order valence-electron chi connectivity index (χ2n) is 3.68. The minimum Gasteiger partial charge on any atom is -0.477 e. The zero-order valence-electron chi connectivity index (χ0n) is 8.22. The van der Waals surface area contributed by atoms with Gasteiger partial charge in [0.15, 0.2) is 0 Å². The molecule has 1 rings (SSSR count). The highest BCUT2D eigenvalue weighted by Gasteiger charge is 2.53. The fraction of sp³-hybridized carbons (Fsp3) is 0.875. The third kappa shape index (κ3) is 2.32. The van der Waals surface area contributed by atoms with E-state index in [9.17, 15) is 20.1 Å². The van der Waals surface area contributed by atoms with Crippen LogP contribution in [0.25, 0.3) is 0 Å². The van der Waals surface area contributed by atoms with Gasteiger partial charge in [-0.25, -0.2) is 4.79 Å². The summed E-state index contributed by atoms with van der Waals surface area (Å²) in [7, 11) is 0. The van der Waals surface area contributed by atoms with Gasteiger partial charge in [0.25, 0.3) is 5.79 Å². The second-order valence-corrected chi connectivity index (χ2v) is 3.68. The van der Waals surface area contributed by atoms with E-state index in [4.69, 9.17) is 15.3 Å². The maximum Gasteiger partial charge on any atom is 0.364 e. The van der Waals surface area contributed by atoms with Crippen molar-refractivity contribution in [1.82, 2.24) is 0 Å². The number of aliphatic carboxylic acids is 1. The van der Waals surface area contributed by atoms with Crippen LogP contribution >= 0.6 is 0 Å². The summed E-state index contributed by atoms with van der Waals surface area (Å²) in [4.78, 5) is 10.6. The van der Waals surface area contributed by atoms with Crippen LogP contribution < -0.4 is 0 Å². The van der Waals surface area contributed by atoms with Crippen molar-refractivity contribution >= 4 is 5.97 Å². The first kappa shape index (κ1) is 13.3. The fourth-order valence-corrected chi connectivity index (χ4v) is 1.51. The van der Waals surface area contributed by atoms with E-state index >= 15 is 0 Å². The van der Waals surface area contributed by atoms with Crippen LogP contribution in [-0.4, -0.2) is 73.4 Å². The van der Waals surface area contributed by atoms with E-state index in [0.29, 0.717) is 0 Å². The molecule has 8 heteroatoms. The molecule has 0 aromatic heterocycles. The van der Waals surface area contributed by atoms with Crippen molar-refractivity contribution < 1.29 is 40.2 Å². The van der Waals surface area contributed by atoms with Gasteiger partial charge in [-0.3, -0.25) is 0 Å². The quantitative estimate of drug-likeness (QED) is 0.297. The summed E-state index contributed by atoms with van der Waals surface area (Å²) in [6.45, 7) is -0.779. The molecule has 0 aromatic carbocycles. The number of hydrogen-bond donors (Lipinski definition) is 6. The van der Waals surface area contributed by atoms with Gasteiger partial charge in [-0.1, -0.05) is 0 Å². The molecule has 8 nitrogen and oxygen atoms in total. The molecule has 1 saturated heterocycles. The first-order valence-corrected chi connectivity index (χ1v) is 4.60. The predicted molar refractivity (Wildman–Crippen MR) is 47.2 cm³/mol. The summed E-state index contributed by atoms with van der Waals surface area (Å²) in [5.74, 6) is -4.28. The maximum absolute atomic E-state index is 10.6. The lowest BCUT2D eigenvalue weighted by atomic mass is 10.0. The van der Waals surface area contributed by atoms with E-state index in [1.165, 1.54) is 0 Å². The molecule has 1 heterocycles. The van der Waals surface area contributed by atoms with E-state index in [1.54, 1.807) is 0 Å². The molecular formula is C8H14O8. The smallest absolute Gasteiger partial charge is 0.364 e. The van der Waals surface area contributed by atoms with Crippen molar-refractivity contribution in [3.8, 4) is 0 Å². The highest BCUT2D eigenvalue weighted by molar-refractivity contribution is 5.75. The van der Waals surface area contributed by atoms with Gasteiger partial charge in [-0.15, -0.1) is 0 Å². The number of hydrogen-bond acceptors (Lipinski definition) is 7. The Hall–Kier alpha value is -0.770. The molecule has 0 bridgehead atoms. The SMILES string of the molecule is O=C(O)C1(O)C[C@@H](O)[C@H]([C@H](O)[C@H](O)CO)O1. The molecule has 0 aliphatic carbocycles. The summed E-state index contributed by atoms with van der Waals surface area (Å²) in [5.41, 5.74) is 0. The molecule has 94 valence electrons. The van der Waals surface area contributed by atoms with E-state index in [1.807, 2.05) is 0 Å². The van der Waals surface area contributed by atoms with Crippen LogP contribution in [0, 0.1) is 0 Å². The molecular weight excluding hydrogens is 224 g/mol. The topological polar surface area (TPSA) is 148 Å². The minimum atomic E-state index is -2.58. The van der Waals surface area contributed by atoms with Gasteiger partial charge in [-0.05, 0) is 0 Å². The second kappa shape index (κ2) is 4.62. The average molecular weight is 238 g/mol. The van der Waals surface area contributed by atoms with Crippen LogP contribution in [0.1, 0.15) is 6.42 Å². The number of carbonyl (C=O) groups is 1. The Morgan fingerprint density at radius 1 is 1.50 bits per heavy atom. The van der Waals surface area contributed by atoms with E-state index < -0.39 is 49.2 Å². The number of carboxylic acids is 1. The van der Waals surface area contributed by atoms with Gasteiger partial charge in [0.1, 0.15) is 18.3 Å². The normalized spacial score (nSPS) is 38.3. The van der Waals surface area contributed by atoms with Crippen molar-refractivity contribution in [2.24, 2.45) is 0 Å². The number of ether oxygens (including phenoxy) is 1. The number of aliphatic hydroxyl groups excluding tert-OH is 4. The number of carboxylic acid groups (broad SMARTS) is 1. The minimum absolute atomic E-state index is 0.623. The highest BCUT2D eigenvalue weighted by atomic mass is 16.7. The van der Waals surface area contributed by atoms with Crippen LogP contribution in [0.4, 0.5) is 0 Å². The molecule has 16 heavy (non-hydrogen) atoms. The molecule has 0 radical (unpaired) electrons. The Balaban J connectivity index is 2.75. The van der Waals surface area contributed by atoms with Crippen molar-refractivity contribution in [3.63, 3.8) is 0 Å².